The lowest BCUT2D eigenvalue weighted by molar-refractivity contribution is 0.0941. The van der Waals surface area contributed by atoms with Gasteiger partial charge in [0.1, 0.15) is 5.75 Å². The number of carbonyl (C=O) groups is 1. The number of Topliss-reactive ketones (excluding diaryl/α,β-unsaturated/α-hetero) is 1. The van der Waals surface area contributed by atoms with Crippen molar-refractivity contribution < 1.29 is 9.53 Å². The second-order valence-electron chi connectivity index (χ2n) is 4.46. The molecular weight excluding hydrogens is 240 g/mol. The van der Waals surface area contributed by atoms with Crippen LogP contribution in [0.15, 0.2) is 18.2 Å². The van der Waals surface area contributed by atoms with Crippen molar-refractivity contribution in [1.82, 2.24) is 5.32 Å². The number of hydrogen-bond acceptors (Lipinski definition) is 4. The van der Waals surface area contributed by atoms with Crippen LogP contribution in [0.1, 0.15) is 44.0 Å². The monoisotopic (exact) mass is 264 g/mol. The number of benzene rings is 1. The molecule has 1 rings (SSSR count). The van der Waals surface area contributed by atoms with Gasteiger partial charge in [-0.1, -0.05) is 13.8 Å². The Kier molecular flexibility index (Phi) is 6.36. The molecule has 0 spiro atoms. The summed E-state index contributed by atoms with van der Waals surface area (Å²) in [6.45, 7) is 7.40. The number of ketones is 1. The van der Waals surface area contributed by atoms with Crippen molar-refractivity contribution in [3.05, 3.63) is 23.8 Å². The zero-order valence-corrected chi connectivity index (χ0v) is 12.0. The summed E-state index contributed by atoms with van der Waals surface area (Å²) in [4.78, 5) is 12.3. The molecule has 0 heterocycles. The van der Waals surface area contributed by atoms with E-state index >= 15 is 0 Å². The number of anilines is 1. The van der Waals surface area contributed by atoms with Gasteiger partial charge in [-0.05, 0) is 44.5 Å². The van der Waals surface area contributed by atoms with E-state index in [2.05, 4.69) is 12.2 Å². The summed E-state index contributed by atoms with van der Waals surface area (Å²) in [7, 11) is 0. The molecule has 0 aliphatic rings. The molecule has 19 heavy (non-hydrogen) atoms. The average molecular weight is 264 g/mol. The highest BCUT2D eigenvalue weighted by Gasteiger charge is 2.18. The molecule has 106 valence electrons. The zero-order chi connectivity index (χ0) is 14.3. The Morgan fingerprint density at radius 2 is 2.11 bits per heavy atom. The first-order valence-electron chi connectivity index (χ1n) is 6.93. The van der Waals surface area contributed by atoms with Crippen molar-refractivity contribution >= 4 is 11.5 Å². The number of nitrogens with two attached hydrogens (primary N) is 1. The van der Waals surface area contributed by atoms with Crippen molar-refractivity contribution in [2.75, 3.05) is 18.9 Å². The van der Waals surface area contributed by atoms with Gasteiger partial charge in [0.25, 0.3) is 0 Å². The maximum absolute atomic E-state index is 12.3. The largest absolute Gasteiger partial charge is 0.492 e. The first-order chi connectivity index (χ1) is 9.13. The molecule has 4 nitrogen and oxygen atoms in total. The Bertz CT molecular complexity index is 419. The molecule has 4 heteroatoms. The van der Waals surface area contributed by atoms with Crippen molar-refractivity contribution in [2.45, 2.75) is 39.7 Å². The van der Waals surface area contributed by atoms with Gasteiger partial charge in [-0.15, -0.1) is 0 Å². The summed E-state index contributed by atoms with van der Waals surface area (Å²) >= 11 is 0. The highest BCUT2D eigenvalue weighted by molar-refractivity contribution is 6.01. The first kappa shape index (κ1) is 15.5. The molecule has 1 aromatic carbocycles. The molecule has 0 aromatic heterocycles. The minimum Gasteiger partial charge on any atom is -0.492 e. The summed E-state index contributed by atoms with van der Waals surface area (Å²) in [5.41, 5.74) is 7.04. The number of rotatable bonds is 8. The van der Waals surface area contributed by atoms with Crippen LogP contribution in [-0.4, -0.2) is 25.0 Å². The van der Waals surface area contributed by atoms with Crippen LogP contribution in [0.5, 0.6) is 5.75 Å². The van der Waals surface area contributed by atoms with Crippen LogP contribution in [0.3, 0.4) is 0 Å². The minimum atomic E-state index is -0.141. The molecule has 0 aliphatic heterocycles. The lowest BCUT2D eigenvalue weighted by Gasteiger charge is -2.16. The molecule has 1 unspecified atom stereocenters. The van der Waals surface area contributed by atoms with Gasteiger partial charge < -0.3 is 15.8 Å². The second-order valence-corrected chi connectivity index (χ2v) is 4.46. The first-order valence-corrected chi connectivity index (χ1v) is 6.93. The maximum Gasteiger partial charge on any atom is 0.179 e. The van der Waals surface area contributed by atoms with E-state index in [-0.39, 0.29) is 11.8 Å². The number of nitrogen functional groups attached to an aromatic ring is 1. The quantitative estimate of drug-likeness (QED) is 0.559. The highest BCUT2D eigenvalue weighted by atomic mass is 16.5. The van der Waals surface area contributed by atoms with Gasteiger partial charge in [0.2, 0.25) is 0 Å². The molecule has 0 aliphatic carbocycles. The maximum atomic E-state index is 12.3. The Labute approximate surface area is 115 Å². The average Bonchev–Trinajstić information content (AvgIpc) is 2.42. The second kappa shape index (κ2) is 7.79. The van der Waals surface area contributed by atoms with E-state index in [1.54, 1.807) is 18.2 Å². The SMILES string of the molecule is CCCNC(CC)C(=O)c1ccc(OCC)c(N)c1. The van der Waals surface area contributed by atoms with Crippen LogP contribution < -0.4 is 15.8 Å². The minimum absolute atomic E-state index is 0.0886. The van der Waals surface area contributed by atoms with E-state index in [1.165, 1.54) is 0 Å². The third-order valence-electron chi connectivity index (χ3n) is 2.96. The number of nitrogens with one attached hydrogen (secondary N) is 1. The summed E-state index contributed by atoms with van der Waals surface area (Å²) < 4.78 is 5.37. The van der Waals surface area contributed by atoms with E-state index in [9.17, 15) is 4.79 Å². The van der Waals surface area contributed by atoms with Crippen LogP contribution >= 0.6 is 0 Å². The lowest BCUT2D eigenvalue weighted by atomic mass is 10.0. The molecule has 0 radical (unpaired) electrons. The van der Waals surface area contributed by atoms with E-state index in [1.807, 2.05) is 13.8 Å². The van der Waals surface area contributed by atoms with Crippen molar-refractivity contribution in [3.8, 4) is 5.75 Å². The lowest BCUT2D eigenvalue weighted by Crippen LogP contribution is -2.36. The van der Waals surface area contributed by atoms with Gasteiger partial charge in [0.15, 0.2) is 5.78 Å². The van der Waals surface area contributed by atoms with Gasteiger partial charge in [-0.25, -0.2) is 0 Å². The standard InChI is InChI=1S/C15H24N2O2/c1-4-9-17-13(5-2)15(18)11-7-8-14(19-6-3)12(16)10-11/h7-8,10,13,17H,4-6,9,16H2,1-3H3. The molecule has 3 N–H and O–H groups in total. The Balaban J connectivity index is 2.83. The molecule has 0 saturated heterocycles. The van der Waals surface area contributed by atoms with Crippen LogP contribution in [0.25, 0.3) is 0 Å². The molecule has 0 fully saturated rings. The summed E-state index contributed by atoms with van der Waals surface area (Å²) in [6.07, 6.45) is 1.78. The molecule has 0 bridgehead atoms. The van der Waals surface area contributed by atoms with Gasteiger partial charge in [0, 0.05) is 5.56 Å². The number of hydrogen-bond donors (Lipinski definition) is 2. The van der Waals surface area contributed by atoms with Crippen molar-refractivity contribution in [1.29, 1.82) is 0 Å². The fraction of sp³-hybridized carbons (Fsp3) is 0.533. The highest BCUT2D eigenvalue weighted by Crippen LogP contribution is 2.23. The molecule has 1 aromatic rings. The molecule has 0 amide bonds. The Hall–Kier alpha value is -1.55. The van der Waals surface area contributed by atoms with Gasteiger partial charge in [-0.2, -0.15) is 0 Å². The topological polar surface area (TPSA) is 64.3 Å². The zero-order valence-electron chi connectivity index (χ0n) is 12.0. The predicted octanol–water partition coefficient (Wildman–Crippen LogP) is 2.63. The molecule has 1 atom stereocenters. The van der Waals surface area contributed by atoms with Crippen LogP contribution in [0.2, 0.25) is 0 Å². The third kappa shape index (κ3) is 4.24. The van der Waals surface area contributed by atoms with Crippen LogP contribution in [0.4, 0.5) is 5.69 Å². The molecule has 0 saturated carbocycles. The fourth-order valence-electron chi connectivity index (χ4n) is 1.93. The van der Waals surface area contributed by atoms with Crippen molar-refractivity contribution in [2.24, 2.45) is 0 Å². The van der Waals surface area contributed by atoms with E-state index in [0.717, 1.165) is 19.4 Å². The number of carbonyl (C=O) groups excluding carboxylic acids is 1. The van der Waals surface area contributed by atoms with E-state index in [4.69, 9.17) is 10.5 Å². The summed E-state index contributed by atoms with van der Waals surface area (Å²) in [5.74, 6) is 0.722. The van der Waals surface area contributed by atoms with E-state index < -0.39 is 0 Å². The van der Waals surface area contributed by atoms with Crippen molar-refractivity contribution in [3.63, 3.8) is 0 Å². The third-order valence-corrected chi connectivity index (χ3v) is 2.96. The van der Waals surface area contributed by atoms with Gasteiger partial charge >= 0.3 is 0 Å². The molecular formula is C15H24N2O2. The summed E-state index contributed by atoms with van der Waals surface area (Å²) in [6, 6.07) is 5.10. The van der Waals surface area contributed by atoms with Gasteiger partial charge in [-0.3, -0.25) is 4.79 Å². The van der Waals surface area contributed by atoms with Crippen LogP contribution in [-0.2, 0) is 0 Å². The van der Waals surface area contributed by atoms with E-state index in [0.29, 0.717) is 23.6 Å². The Morgan fingerprint density at radius 3 is 2.63 bits per heavy atom. The normalized spacial score (nSPS) is 12.2. The summed E-state index contributed by atoms with van der Waals surface area (Å²) in [5, 5.41) is 3.25. The smallest absolute Gasteiger partial charge is 0.179 e. The fourth-order valence-corrected chi connectivity index (χ4v) is 1.93. The number of ether oxygens (including phenoxy) is 1. The Morgan fingerprint density at radius 1 is 1.37 bits per heavy atom. The predicted molar refractivity (Wildman–Crippen MR) is 78.7 cm³/mol. The van der Waals surface area contributed by atoms with Crippen LogP contribution in [0, 0.1) is 0 Å². The van der Waals surface area contributed by atoms with Gasteiger partial charge in [0.05, 0.1) is 18.3 Å².